The summed E-state index contributed by atoms with van der Waals surface area (Å²) < 4.78 is 28.3. The average molecular weight is 441 g/mol. The number of hydrogen-bond acceptors (Lipinski definition) is 4. The number of carbonyl (C=O) groups excluding carboxylic acids is 1. The van der Waals surface area contributed by atoms with Crippen LogP contribution in [0.2, 0.25) is 0 Å². The van der Waals surface area contributed by atoms with E-state index in [-0.39, 0.29) is 22.1 Å². The van der Waals surface area contributed by atoms with Gasteiger partial charge in [0, 0.05) is 6.54 Å². The third kappa shape index (κ3) is 4.88. The smallest absolute Gasteiger partial charge is 0.323 e. The van der Waals surface area contributed by atoms with Crippen LogP contribution >= 0.6 is 0 Å². The maximum Gasteiger partial charge on any atom is 0.323 e. The molecule has 8 nitrogen and oxygen atoms in total. The summed E-state index contributed by atoms with van der Waals surface area (Å²) in [6.07, 6.45) is 7.61. The predicted octanol–water partition coefficient (Wildman–Crippen LogP) is 3.28. The molecule has 0 saturated carbocycles. The van der Waals surface area contributed by atoms with Gasteiger partial charge in [-0.25, -0.2) is 13.2 Å². The van der Waals surface area contributed by atoms with Gasteiger partial charge in [-0.05, 0) is 62.4 Å². The van der Waals surface area contributed by atoms with Gasteiger partial charge < -0.3 is 15.3 Å². The summed E-state index contributed by atoms with van der Waals surface area (Å²) in [4.78, 5) is 29.2. The second-order valence-electron chi connectivity index (χ2n) is 7.55. The molecular formula is C22H24N4O4S. The van der Waals surface area contributed by atoms with Gasteiger partial charge in [0.2, 0.25) is 0 Å². The van der Waals surface area contributed by atoms with Crippen molar-refractivity contribution in [3.05, 3.63) is 70.2 Å². The van der Waals surface area contributed by atoms with Gasteiger partial charge in [0.25, 0.3) is 15.9 Å². The van der Waals surface area contributed by atoms with Crippen molar-refractivity contribution in [2.75, 3.05) is 11.3 Å². The first kappa shape index (κ1) is 20.9. The standard InChI is InChI=1S/C22H24N4O4S/c27-21(23-13-12-15-6-2-1-3-7-15)17-8-4-5-9-18(17)26-31(29,30)16-10-11-19-20(14-16)25-22(28)24-19/h4-6,8-11,14,26H,1-3,7,12-13H2,(H,23,27)(H2,24,25,28). The van der Waals surface area contributed by atoms with Gasteiger partial charge in [0.05, 0.1) is 27.2 Å². The number of imidazole rings is 1. The number of nitrogens with one attached hydrogen (secondary N) is 4. The number of sulfonamides is 1. The Labute approximate surface area is 179 Å². The lowest BCUT2D eigenvalue weighted by Crippen LogP contribution is -2.26. The Hall–Kier alpha value is -3.33. The molecule has 4 rings (SSSR count). The van der Waals surface area contributed by atoms with Gasteiger partial charge in [-0.1, -0.05) is 23.8 Å². The molecule has 1 aliphatic rings. The van der Waals surface area contributed by atoms with Crippen LogP contribution in [-0.2, 0) is 10.0 Å². The van der Waals surface area contributed by atoms with Gasteiger partial charge in [0.15, 0.2) is 0 Å². The van der Waals surface area contributed by atoms with Crippen molar-refractivity contribution in [2.45, 2.75) is 37.0 Å². The summed E-state index contributed by atoms with van der Waals surface area (Å²) >= 11 is 0. The number of para-hydroxylation sites is 1. The molecule has 3 aromatic rings. The molecule has 0 radical (unpaired) electrons. The Morgan fingerprint density at radius 2 is 1.84 bits per heavy atom. The first-order valence-electron chi connectivity index (χ1n) is 10.2. The molecule has 1 heterocycles. The summed E-state index contributed by atoms with van der Waals surface area (Å²) in [5, 5.41) is 2.88. The van der Waals surface area contributed by atoms with Crippen LogP contribution in [0.4, 0.5) is 5.69 Å². The van der Waals surface area contributed by atoms with E-state index >= 15 is 0 Å². The fourth-order valence-electron chi connectivity index (χ4n) is 3.72. The van der Waals surface area contributed by atoms with E-state index < -0.39 is 15.7 Å². The molecule has 31 heavy (non-hydrogen) atoms. The highest BCUT2D eigenvalue weighted by Gasteiger charge is 2.19. The second kappa shape index (κ2) is 8.81. The maximum atomic E-state index is 12.9. The minimum atomic E-state index is -3.96. The first-order valence-corrected chi connectivity index (χ1v) is 11.7. The zero-order valence-electron chi connectivity index (χ0n) is 16.9. The van der Waals surface area contributed by atoms with Crippen LogP contribution in [0.3, 0.4) is 0 Å². The largest absolute Gasteiger partial charge is 0.352 e. The fraction of sp³-hybridized carbons (Fsp3) is 0.273. The number of H-pyrrole nitrogens is 2. The number of hydrogen-bond donors (Lipinski definition) is 4. The highest BCUT2D eigenvalue weighted by atomic mass is 32.2. The SMILES string of the molecule is O=C(NCCC1=CCCCC1)c1ccccc1NS(=O)(=O)c1ccc2[nH]c(=O)[nH]c2c1. The van der Waals surface area contributed by atoms with E-state index in [1.807, 2.05) is 0 Å². The van der Waals surface area contributed by atoms with Crippen LogP contribution in [0, 0.1) is 0 Å². The van der Waals surface area contributed by atoms with E-state index in [4.69, 9.17) is 0 Å². The van der Waals surface area contributed by atoms with E-state index in [0.29, 0.717) is 17.6 Å². The van der Waals surface area contributed by atoms with Crippen molar-refractivity contribution in [1.82, 2.24) is 15.3 Å². The maximum absolute atomic E-state index is 12.9. The number of allylic oxidation sites excluding steroid dienone is 1. The fourth-order valence-corrected chi connectivity index (χ4v) is 4.82. The molecular weight excluding hydrogens is 416 g/mol. The third-order valence-electron chi connectivity index (χ3n) is 5.33. The monoisotopic (exact) mass is 440 g/mol. The van der Waals surface area contributed by atoms with E-state index in [0.717, 1.165) is 19.3 Å². The molecule has 0 bridgehead atoms. The van der Waals surface area contributed by atoms with Crippen molar-refractivity contribution >= 4 is 32.7 Å². The van der Waals surface area contributed by atoms with E-state index in [1.54, 1.807) is 24.3 Å². The zero-order valence-corrected chi connectivity index (χ0v) is 17.7. The van der Waals surface area contributed by atoms with Crippen LogP contribution in [0.1, 0.15) is 42.5 Å². The highest BCUT2D eigenvalue weighted by Crippen LogP contribution is 2.23. The first-order chi connectivity index (χ1) is 14.9. The molecule has 2 aromatic carbocycles. The lowest BCUT2D eigenvalue weighted by atomic mass is 9.97. The highest BCUT2D eigenvalue weighted by molar-refractivity contribution is 7.92. The molecule has 4 N–H and O–H groups in total. The molecule has 0 spiro atoms. The third-order valence-corrected chi connectivity index (χ3v) is 6.69. The summed E-state index contributed by atoms with van der Waals surface area (Å²) in [6.45, 7) is 0.503. The average Bonchev–Trinajstić information content (AvgIpc) is 3.14. The molecule has 0 atom stereocenters. The number of fused-ring (bicyclic) bond motifs is 1. The molecule has 0 saturated heterocycles. The number of carbonyl (C=O) groups is 1. The Bertz CT molecular complexity index is 1300. The molecule has 162 valence electrons. The molecule has 0 aliphatic heterocycles. The molecule has 1 aliphatic carbocycles. The number of rotatable bonds is 7. The van der Waals surface area contributed by atoms with Crippen molar-refractivity contribution in [3.8, 4) is 0 Å². The molecule has 9 heteroatoms. The van der Waals surface area contributed by atoms with Crippen LogP contribution in [0.15, 0.2) is 63.8 Å². The Morgan fingerprint density at radius 3 is 2.65 bits per heavy atom. The van der Waals surface area contributed by atoms with Gasteiger partial charge >= 0.3 is 5.69 Å². The van der Waals surface area contributed by atoms with E-state index in [9.17, 15) is 18.0 Å². The van der Waals surface area contributed by atoms with E-state index in [2.05, 4.69) is 26.1 Å². The number of aromatic nitrogens is 2. The molecule has 0 fully saturated rings. The summed E-state index contributed by atoms with van der Waals surface area (Å²) in [6, 6.07) is 10.8. The number of amides is 1. The topological polar surface area (TPSA) is 124 Å². The quantitative estimate of drug-likeness (QED) is 0.421. The van der Waals surface area contributed by atoms with Gasteiger partial charge in [-0.2, -0.15) is 0 Å². The van der Waals surface area contributed by atoms with Gasteiger partial charge in [-0.3, -0.25) is 9.52 Å². The minimum Gasteiger partial charge on any atom is -0.352 e. The molecule has 0 unspecified atom stereocenters. The normalized spacial score (nSPS) is 14.3. The van der Waals surface area contributed by atoms with Gasteiger partial charge in [0.1, 0.15) is 0 Å². The number of aromatic amines is 2. The predicted molar refractivity (Wildman–Crippen MR) is 120 cm³/mol. The Balaban J connectivity index is 1.49. The summed E-state index contributed by atoms with van der Waals surface area (Å²) in [7, 11) is -3.96. The lowest BCUT2D eigenvalue weighted by molar-refractivity contribution is 0.0955. The molecule has 1 amide bonds. The van der Waals surface area contributed by atoms with Crippen LogP contribution in [0.5, 0.6) is 0 Å². The van der Waals surface area contributed by atoms with Crippen molar-refractivity contribution < 1.29 is 13.2 Å². The van der Waals surface area contributed by atoms with Crippen LogP contribution in [-0.4, -0.2) is 30.8 Å². The van der Waals surface area contributed by atoms with Gasteiger partial charge in [-0.15, -0.1) is 0 Å². The zero-order chi connectivity index (χ0) is 21.8. The molecule has 1 aromatic heterocycles. The Kier molecular flexibility index (Phi) is 5.94. The van der Waals surface area contributed by atoms with Crippen LogP contribution in [0.25, 0.3) is 11.0 Å². The second-order valence-corrected chi connectivity index (χ2v) is 9.23. The summed E-state index contributed by atoms with van der Waals surface area (Å²) in [5.74, 6) is -0.333. The van der Waals surface area contributed by atoms with E-state index in [1.165, 1.54) is 36.6 Å². The van der Waals surface area contributed by atoms with Crippen LogP contribution < -0.4 is 15.7 Å². The van der Waals surface area contributed by atoms with Crippen molar-refractivity contribution in [2.24, 2.45) is 0 Å². The lowest BCUT2D eigenvalue weighted by Gasteiger charge is -2.15. The van der Waals surface area contributed by atoms with Crippen molar-refractivity contribution in [1.29, 1.82) is 0 Å². The Morgan fingerprint density at radius 1 is 1.03 bits per heavy atom. The minimum absolute atomic E-state index is 0.0188. The summed E-state index contributed by atoms with van der Waals surface area (Å²) in [5.41, 5.74) is 2.29. The number of benzene rings is 2. The number of anilines is 1. The van der Waals surface area contributed by atoms with Crippen molar-refractivity contribution in [3.63, 3.8) is 0 Å².